The highest BCUT2D eigenvalue weighted by Gasteiger charge is 1.98. The molecule has 0 aliphatic heterocycles. The molecule has 0 fully saturated rings. The summed E-state index contributed by atoms with van der Waals surface area (Å²) in [6, 6.07) is 16.6. The molecule has 0 saturated heterocycles. The molecule has 0 heterocycles. The number of para-hydroxylation sites is 1. The fourth-order valence-corrected chi connectivity index (χ4v) is 1.90. The van der Waals surface area contributed by atoms with E-state index >= 15 is 0 Å². The number of benzene rings is 2. The van der Waals surface area contributed by atoms with Crippen LogP contribution in [0.2, 0.25) is 0 Å². The van der Waals surface area contributed by atoms with Gasteiger partial charge in [0.15, 0.2) is 0 Å². The van der Waals surface area contributed by atoms with Gasteiger partial charge in [-0.15, -0.1) is 0 Å². The van der Waals surface area contributed by atoms with E-state index in [0.29, 0.717) is 0 Å². The lowest BCUT2D eigenvalue weighted by Gasteiger charge is -2.12. The molecule has 94 valence electrons. The zero-order valence-corrected chi connectivity index (χ0v) is 11.0. The second kappa shape index (κ2) is 6.10. The van der Waals surface area contributed by atoms with Crippen molar-refractivity contribution in [1.82, 2.24) is 0 Å². The summed E-state index contributed by atoms with van der Waals surface area (Å²) in [5, 5.41) is 6.85. The molecule has 0 amide bonds. The van der Waals surface area contributed by atoms with Gasteiger partial charge in [0, 0.05) is 24.5 Å². The van der Waals surface area contributed by atoms with Crippen molar-refractivity contribution >= 4 is 11.4 Å². The predicted octanol–water partition coefficient (Wildman–Crippen LogP) is 3.83. The van der Waals surface area contributed by atoms with Crippen molar-refractivity contribution in [2.45, 2.75) is 13.8 Å². The first kappa shape index (κ1) is 12.5. The molecule has 2 heteroatoms. The highest BCUT2D eigenvalue weighted by molar-refractivity contribution is 5.53. The highest BCUT2D eigenvalue weighted by Crippen LogP contribution is 2.17. The Morgan fingerprint density at radius 2 is 1.50 bits per heavy atom. The fourth-order valence-electron chi connectivity index (χ4n) is 1.90. The zero-order chi connectivity index (χ0) is 12.8. The zero-order valence-electron chi connectivity index (χ0n) is 11.0. The average molecular weight is 240 g/mol. The summed E-state index contributed by atoms with van der Waals surface area (Å²) >= 11 is 0. The molecule has 2 nitrogen and oxygen atoms in total. The van der Waals surface area contributed by atoms with E-state index in [1.165, 1.54) is 22.5 Å². The Bertz CT molecular complexity index is 492. The van der Waals surface area contributed by atoms with Gasteiger partial charge in [-0.2, -0.15) is 0 Å². The van der Waals surface area contributed by atoms with Crippen LogP contribution in [-0.4, -0.2) is 13.1 Å². The van der Waals surface area contributed by atoms with Crippen molar-refractivity contribution in [3.05, 3.63) is 59.7 Å². The molecular weight excluding hydrogens is 220 g/mol. The van der Waals surface area contributed by atoms with Gasteiger partial charge in [0.2, 0.25) is 0 Å². The molecule has 2 N–H and O–H groups in total. The Morgan fingerprint density at radius 3 is 2.28 bits per heavy atom. The van der Waals surface area contributed by atoms with Gasteiger partial charge in [0.25, 0.3) is 0 Å². The minimum atomic E-state index is 0.914. The summed E-state index contributed by atoms with van der Waals surface area (Å²) in [5.41, 5.74) is 5.05. The van der Waals surface area contributed by atoms with Crippen LogP contribution in [0.5, 0.6) is 0 Å². The van der Waals surface area contributed by atoms with Crippen molar-refractivity contribution in [3.8, 4) is 0 Å². The monoisotopic (exact) mass is 240 g/mol. The maximum absolute atomic E-state index is 3.46. The van der Waals surface area contributed by atoms with Gasteiger partial charge in [-0.1, -0.05) is 30.3 Å². The third kappa shape index (κ3) is 3.27. The molecule has 0 aromatic heterocycles. The third-order valence-electron chi connectivity index (χ3n) is 3.15. The Morgan fingerprint density at radius 1 is 0.778 bits per heavy atom. The van der Waals surface area contributed by atoms with Crippen LogP contribution < -0.4 is 10.6 Å². The Balaban J connectivity index is 1.81. The van der Waals surface area contributed by atoms with Gasteiger partial charge < -0.3 is 10.6 Å². The largest absolute Gasteiger partial charge is 0.383 e. The van der Waals surface area contributed by atoms with Crippen LogP contribution in [0, 0.1) is 13.8 Å². The average Bonchev–Trinajstić information content (AvgIpc) is 2.40. The summed E-state index contributed by atoms with van der Waals surface area (Å²) in [6.07, 6.45) is 0. The van der Waals surface area contributed by atoms with Gasteiger partial charge in [0.1, 0.15) is 0 Å². The smallest absolute Gasteiger partial charge is 0.0373 e. The quantitative estimate of drug-likeness (QED) is 0.776. The van der Waals surface area contributed by atoms with Crippen LogP contribution in [0.15, 0.2) is 48.5 Å². The summed E-state index contributed by atoms with van der Waals surface area (Å²) < 4.78 is 0. The molecule has 0 aliphatic rings. The minimum Gasteiger partial charge on any atom is -0.383 e. The van der Waals surface area contributed by atoms with E-state index in [4.69, 9.17) is 0 Å². The van der Waals surface area contributed by atoms with Crippen LogP contribution in [0.25, 0.3) is 0 Å². The number of nitrogens with one attached hydrogen (secondary N) is 2. The Labute approximate surface area is 109 Å². The lowest BCUT2D eigenvalue weighted by Crippen LogP contribution is -2.14. The van der Waals surface area contributed by atoms with Crippen LogP contribution in [0.1, 0.15) is 11.1 Å². The fraction of sp³-hybridized carbons (Fsp3) is 0.250. The second-order valence-electron chi connectivity index (χ2n) is 4.47. The van der Waals surface area contributed by atoms with Crippen molar-refractivity contribution in [3.63, 3.8) is 0 Å². The molecule has 0 bridgehead atoms. The second-order valence-corrected chi connectivity index (χ2v) is 4.47. The SMILES string of the molecule is Cc1cccc(NCCNc2ccccc2)c1C. The maximum Gasteiger partial charge on any atom is 0.0373 e. The lowest BCUT2D eigenvalue weighted by atomic mass is 10.1. The van der Waals surface area contributed by atoms with Crippen molar-refractivity contribution in [2.75, 3.05) is 23.7 Å². The van der Waals surface area contributed by atoms with Crippen LogP contribution in [0.4, 0.5) is 11.4 Å². The lowest BCUT2D eigenvalue weighted by molar-refractivity contribution is 1.07. The number of hydrogen-bond acceptors (Lipinski definition) is 2. The van der Waals surface area contributed by atoms with Gasteiger partial charge >= 0.3 is 0 Å². The number of rotatable bonds is 5. The van der Waals surface area contributed by atoms with Crippen LogP contribution in [0.3, 0.4) is 0 Å². The molecule has 0 spiro atoms. The molecule has 2 aromatic rings. The molecule has 0 aliphatic carbocycles. The summed E-state index contributed by atoms with van der Waals surface area (Å²) in [6.45, 7) is 6.13. The first-order chi connectivity index (χ1) is 8.77. The number of anilines is 2. The minimum absolute atomic E-state index is 0.914. The number of aryl methyl sites for hydroxylation is 1. The molecule has 0 unspecified atom stereocenters. The first-order valence-electron chi connectivity index (χ1n) is 6.36. The molecular formula is C16H20N2. The first-order valence-corrected chi connectivity index (χ1v) is 6.36. The molecule has 2 rings (SSSR count). The maximum atomic E-state index is 3.46. The predicted molar refractivity (Wildman–Crippen MR) is 79.3 cm³/mol. The molecule has 0 radical (unpaired) electrons. The molecule has 2 aromatic carbocycles. The summed E-state index contributed by atoms with van der Waals surface area (Å²) in [4.78, 5) is 0. The summed E-state index contributed by atoms with van der Waals surface area (Å²) in [5.74, 6) is 0. The van der Waals surface area contributed by atoms with E-state index in [-0.39, 0.29) is 0 Å². The van der Waals surface area contributed by atoms with Gasteiger partial charge in [-0.25, -0.2) is 0 Å². The van der Waals surface area contributed by atoms with E-state index in [0.717, 1.165) is 13.1 Å². The van der Waals surface area contributed by atoms with Crippen LogP contribution >= 0.6 is 0 Å². The molecule has 0 atom stereocenters. The topological polar surface area (TPSA) is 24.1 Å². The van der Waals surface area contributed by atoms with Gasteiger partial charge in [0.05, 0.1) is 0 Å². The van der Waals surface area contributed by atoms with Crippen LogP contribution in [-0.2, 0) is 0 Å². The van der Waals surface area contributed by atoms with E-state index in [9.17, 15) is 0 Å². The number of hydrogen-bond donors (Lipinski definition) is 2. The Hall–Kier alpha value is -1.96. The van der Waals surface area contributed by atoms with Gasteiger partial charge in [-0.3, -0.25) is 0 Å². The highest BCUT2D eigenvalue weighted by atomic mass is 14.9. The normalized spacial score (nSPS) is 10.1. The Kier molecular flexibility index (Phi) is 4.24. The van der Waals surface area contributed by atoms with E-state index in [2.05, 4.69) is 54.8 Å². The molecule has 0 saturated carbocycles. The van der Waals surface area contributed by atoms with Gasteiger partial charge in [-0.05, 0) is 43.2 Å². The standard InChI is InChI=1S/C16H20N2/c1-13-7-6-10-16(14(13)2)18-12-11-17-15-8-4-3-5-9-15/h3-10,17-18H,11-12H2,1-2H3. The van der Waals surface area contributed by atoms with Crippen molar-refractivity contribution in [2.24, 2.45) is 0 Å². The third-order valence-corrected chi connectivity index (χ3v) is 3.15. The van der Waals surface area contributed by atoms with E-state index < -0.39 is 0 Å². The van der Waals surface area contributed by atoms with Crippen molar-refractivity contribution in [1.29, 1.82) is 0 Å². The molecule has 18 heavy (non-hydrogen) atoms. The van der Waals surface area contributed by atoms with E-state index in [1.807, 2.05) is 18.2 Å². The van der Waals surface area contributed by atoms with Crippen molar-refractivity contribution < 1.29 is 0 Å². The summed E-state index contributed by atoms with van der Waals surface area (Å²) in [7, 11) is 0. The van der Waals surface area contributed by atoms with E-state index in [1.54, 1.807) is 0 Å².